The first-order chi connectivity index (χ1) is 13.4. The second kappa shape index (κ2) is 8.27. The molecular formula is C19H17F3N4O2. The van der Waals surface area contributed by atoms with Gasteiger partial charge in [0.2, 0.25) is 0 Å². The van der Waals surface area contributed by atoms with E-state index in [1.807, 2.05) is 11.0 Å². The molecule has 6 nitrogen and oxygen atoms in total. The first-order valence-corrected chi connectivity index (χ1v) is 8.55. The number of hydrogen-bond acceptors (Lipinski definition) is 5. The zero-order valence-electron chi connectivity index (χ0n) is 14.7. The Bertz CT molecular complexity index is 889. The monoisotopic (exact) mass is 390 g/mol. The number of nitriles is 1. The van der Waals surface area contributed by atoms with E-state index < -0.39 is 23.7 Å². The van der Waals surface area contributed by atoms with Gasteiger partial charge in [-0.15, -0.1) is 0 Å². The molecule has 0 aliphatic carbocycles. The highest BCUT2D eigenvalue weighted by molar-refractivity contribution is 5.99. The Hall–Kier alpha value is -3.12. The van der Waals surface area contributed by atoms with E-state index in [2.05, 4.69) is 10.3 Å². The molecule has 0 spiro atoms. The standard InChI is InChI=1S/C19H17F3N4O2/c20-19(21,22)14-4-1-3-13(11-14)16(12-23)25-18(27)15-5-2-6-24-17(15)26-7-9-28-10-8-26/h1-6,11,16H,7-10H2,(H,25,27). The second-order valence-electron chi connectivity index (χ2n) is 6.13. The van der Waals surface area contributed by atoms with E-state index >= 15 is 0 Å². The Morgan fingerprint density at radius 3 is 2.68 bits per heavy atom. The van der Waals surface area contributed by atoms with Crippen LogP contribution >= 0.6 is 0 Å². The number of carbonyl (C=O) groups is 1. The molecule has 0 bridgehead atoms. The van der Waals surface area contributed by atoms with Crippen molar-refractivity contribution in [2.45, 2.75) is 12.2 Å². The maximum Gasteiger partial charge on any atom is 0.416 e. The third-order valence-electron chi connectivity index (χ3n) is 4.29. The molecule has 0 radical (unpaired) electrons. The van der Waals surface area contributed by atoms with Crippen LogP contribution in [0.25, 0.3) is 0 Å². The first-order valence-electron chi connectivity index (χ1n) is 8.55. The van der Waals surface area contributed by atoms with Crippen LogP contribution < -0.4 is 10.2 Å². The average Bonchev–Trinajstić information content (AvgIpc) is 2.72. The molecular weight excluding hydrogens is 373 g/mol. The number of nitrogens with zero attached hydrogens (tertiary/aromatic N) is 3. The highest BCUT2D eigenvalue weighted by atomic mass is 19.4. The molecule has 1 N–H and O–H groups in total. The van der Waals surface area contributed by atoms with Crippen LogP contribution in [-0.2, 0) is 10.9 Å². The summed E-state index contributed by atoms with van der Waals surface area (Å²) in [4.78, 5) is 18.9. The zero-order valence-corrected chi connectivity index (χ0v) is 14.7. The number of halogens is 3. The van der Waals surface area contributed by atoms with Crippen molar-refractivity contribution in [3.05, 3.63) is 59.3 Å². The molecule has 2 heterocycles. The van der Waals surface area contributed by atoms with Gasteiger partial charge in [-0.3, -0.25) is 4.79 Å². The number of benzene rings is 1. The van der Waals surface area contributed by atoms with Gasteiger partial charge in [-0.05, 0) is 29.8 Å². The molecule has 9 heteroatoms. The Labute approximate surface area is 159 Å². The quantitative estimate of drug-likeness (QED) is 0.869. The fraction of sp³-hybridized carbons (Fsp3) is 0.316. The van der Waals surface area contributed by atoms with Crippen LogP contribution in [0, 0.1) is 11.3 Å². The van der Waals surface area contributed by atoms with Gasteiger partial charge >= 0.3 is 6.18 Å². The molecule has 1 aliphatic heterocycles. The van der Waals surface area contributed by atoms with E-state index in [1.165, 1.54) is 12.1 Å². The summed E-state index contributed by atoms with van der Waals surface area (Å²) in [5.74, 6) is -0.136. The highest BCUT2D eigenvalue weighted by Gasteiger charge is 2.31. The van der Waals surface area contributed by atoms with Gasteiger partial charge in [0, 0.05) is 19.3 Å². The minimum Gasteiger partial charge on any atom is -0.378 e. The van der Waals surface area contributed by atoms with Crippen LogP contribution in [0.1, 0.15) is 27.5 Å². The summed E-state index contributed by atoms with van der Waals surface area (Å²) in [6.07, 6.45) is -2.98. The predicted octanol–water partition coefficient (Wildman–Crippen LogP) is 2.93. The normalized spacial score (nSPS) is 15.6. The van der Waals surface area contributed by atoms with Gasteiger partial charge in [0.25, 0.3) is 5.91 Å². The summed E-state index contributed by atoms with van der Waals surface area (Å²) in [5.41, 5.74) is -0.575. The number of rotatable bonds is 4. The van der Waals surface area contributed by atoms with Gasteiger partial charge in [0.15, 0.2) is 0 Å². The minimum atomic E-state index is -4.53. The van der Waals surface area contributed by atoms with Gasteiger partial charge in [0.1, 0.15) is 11.9 Å². The van der Waals surface area contributed by atoms with Crippen molar-refractivity contribution >= 4 is 11.7 Å². The van der Waals surface area contributed by atoms with Crippen molar-refractivity contribution in [2.24, 2.45) is 0 Å². The van der Waals surface area contributed by atoms with Crippen LogP contribution in [0.4, 0.5) is 19.0 Å². The van der Waals surface area contributed by atoms with E-state index in [0.29, 0.717) is 32.1 Å². The van der Waals surface area contributed by atoms with Crippen molar-refractivity contribution < 1.29 is 22.7 Å². The molecule has 1 saturated heterocycles. The topological polar surface area (TPSA) is 78.2 Å². The molecule has 146 valence electrons. The van der Waals surface area contributed by atoms with Gasteiger partial charge in [-0.1, -0.05) is 12.1 Å². The Kier molecular flexibility index (Phi) is 5.80. The Balaban J connectivity index is 1.83. The van der Waals surface area contributed by atoms with Crippen molar-refractivity contribution in [3.8, 4) is 6.07 Å². The number of pyridine rings is 1. The third kappa shape index (κ3) is 4.40. The molecule has 2 aromatic rings. The lowest BCUT2D eigenvalue weighted by Crippen LogP contribution is -2.38. The van der Waals surface area contributed by atoms with Gasteiger partial charge < -0.3 is 15.0 Å². The van der Waals surface area contributed by atoms with Crippen molar-refractivity contribution in [1.29, 1.82) is 5.26 Å². The number of aromatic nitrogens is 1. The van der Waals surface area contributed by atoms with E-state index in [0.717, 1.165) is 12.1 Å². The summed E-state index contributed by atoms with van der Waals surface area (Å²) in [6.45, 7) is 2.13. The maximum absolute atomic E-state index is 12.9. The van der Waals surface area contributed by atoms with Crippen molar-refractivity contribution in [3.63, 3.8) is 0 Å². The minimum absolute atomic E-state index is 0.0579. The van der Waals surface area contributed by atoms with Gasteiger partial charge in [-0.2, -0.15) is 18.4 Å². The number of anilines is 1. The van der Waals surface area contributed by atoms with Gasteiger partial charge in [-0.25, -0.2) is 4.98 Å². The number of carbonyl (C=O) groups excluding carboxylic acids is 1. The summed E-state index contributed by atoms with van der Waals surface area (Å²) >= 11 is 0. The zero-order chi connectivity index (χ0) is 20.1. The fourth-order valence-corrected chi connectivity index (χ4v) is 2.89. The summed E-state index contributed by atoms with van der Waals surface area (Å²) in [5, 5.41) is 11.9. The highest BCUT2D eigenvalue weighted by Crippen LogP contribution is 2.31. The molecule has 1 aromatic heterocycles. The average molecular weight is 390 g/mol. The Morgan fingerprint density at radius 2 is 2.00 bits per heavy atom. The van der Waals surface area contributed by atoms with E-state index in [-0.39, 0.29) is 11.1 Å². The van der Waals surface area contributed by atoms with Crippen LogP contribution in [0.3, 0.4) is 0 Å². The number of amides is 1. The number of morpholine rings is 1. The molecule has 1 atom stereocenters. The molecule has 1 aliphatic rings. The SMILES string of the molecule is N#CC(NC(=O)c1cccnc1N1CCOCC1)c1cccc(C(F)(F)F)c1. The van der Waals surface area contributed by atoms with Crippen LogP contribution in [-0.4, -0.2) is 37.2 Å². The number of ether oxygens (including phenoxy) is 1. The second-order valence-corrected chi connectivity index (χ2v) is 6.13. The van der Waals surface area contributed by atoms with Crippen LogP contribution in [0.2, 0.25) is 0 Å². The van der Waals surface area contributed by atoms with Crippen LogP contribution in [0.15, 0.2) is 42.6 Å². The molecule has 1 aromatic carbocycles. The largest absolute Gasteiger partial charge is 0.416 e. The Morgan fingerprint density at radius 1 is 1.25 bits per heavy atom. The fourth-order valence-electron chi connectivity index (χ4n) is 2.89. The van der Waals surface area contributed by atoms with Crippen LogP contribution in [0.5, 0.6) is 0 Å². The molecule has 28 heavy (non-hydrogen) atoms. The maximum atomic E-state index is 12.9. The lowest BCUT2D eigenvalue weighted by molar-refractivity contribution is -0.137. The molecule has 0 saturated carbocycles. The molecule has 1 unspecified atom stereocenters. The van der Waals surface area contributed by atoms with Crippen molar-refractivity contribution in [2.75, 3.05) is 31.2 Å². The molecule has 3 rings (SSSR count). The van der Waals surface area contributed by atoms with E-state index in [4.69, 9.17) is 4.74 Å². The summed E-state index contributed by atoms with van der Waals surface area (Å²) < 4.78 is 44.1. The lowest BCUT2D eigenvalue weighted by atomic mass is 10.0. The number of alkyl halides is 3. The first kappa shape index (κ1) is 19.6. The third-order valence-corrected chi connectivity index (χ3v) is 4.29. The summed E-state index contributed by atoms with van der Waals surface area (Å²) in [6, 6.07) is 8.12. The smallest absolute Gasteiger partial charge is 0.378 e. The summed E-state index contributed by atoms with van der Waals surface area (Å²) in [7, 11) is 0. The molecule has 1 fully saturated rings. The lowest BCUT2D eigenvalue weighted by Gasteiger charge is -2.29. The predicted molar refractivity (Wildman–Crippen MR) is 94.5 cm³/mol. The van der Waals surface area contributed by atoms with Gasteiger partial charge in [0.05, 0.1) is 30.4 Å². The number of hydrogen-bond donors (Lipinski definition) is 1. The number of nitrogens with one attached hydrogen (secondary N) is 1. The van der Waals surface area contributed by atoms with E-state index in [9.17, 15) is 23.2 Å². The van der Waals surface area contributed by atoms with Crippen molar-refractivity contribution in [1.82, 2.24) is 10.3 Å². The molecule has 1 amide bonds. The van der Waals surface area contributed by atoms with E-state index in [1.54, 1.807) is 18.3 Å².